The van der Waals surface area contributed by atoms with E-state index in [4.69, 9.17) is 15.8 Å². The molecule has 0 saturated heterocycles. The highest BCUT2D eigenvalue weighted by Gasteiger charge is 2.17. The molecular weight excluding hydrogens is 358 g/mol. The van der Waals surface area contributed by atoms with Gasteiger partial charge in [-0.15, -0.1) is 5.10 Å². The Morgan fingerprint density at radius 3 is 2.89 bits per heavy atom. The van der Waals surface area contributed by atoms with Gasteiger partial charge < -0.3 is 25.8 Å². The number of unbranched alkanes of at least 4 members (excludes halogenated alkanes) is 1. The molecule has 0 saturated carbocycles. The predicted molar refractivity (Wildman–Crippen MR) is 93.0 cm³/mol. The van der Waals surface area contributed by atoms with Crippen molar-refractivity contribution in [3.63, 3.8) is 0 Å². The van der Waals surface area contributed by atoms with E-state index in [9.17, 15) is 9.18 Å². The van der Waals surface area contributed by atoms with E-state index in [1.54, 1.807) is 18.2 Å². The molecule has 0 unspecified atom stereocenters. The smallest absolute Gasteiger partial charge is 0.402 e. The third kappa shape index (κ3) is 7.02. The zero-order valence-corrected chi connectivity index (χ0v) is 14.7. The number of nitrogens with two attached hydrogens (primary N) is 1. The molecule has 1 aromatic heterocycles. The predicted octanol–water partition coefficient (Wildman–Crippen LogP) is -0.715. The van der Waals surface area contributed by atoms with Gasteiger partial charge in [0.05, 0.1) is 6.04 Å². The molecule has 12 heteroatoms. The van der Waals surface area contributed by atoms with Crippen LogP contribution in [-0.2, 0) is 22.5 Å². The molecule has 0 fully saturated rings. The van der Waals surface area contributed by atoms with Gasteiger partial charge >= 0.3 is 7.32 Å². The van der Waals surface area contributed by atoms with Crippen LogP contribution in [0.4, 0.5) is 4.39 Å². The molecule has 1 amide bonds. The quantitative estimate of drug-likeness (QED) is 0.295. The molecule has 0 aliphatic carbocycles. The zero-order valence-electron chi connectivity index (χ0n) is 14.7. The van der Waals surface area contributed by atoms with Gasteiger partial charge in [0.15, 0.2) is 5.82 Å². The summed E-state index contributed by atoms with van der Waals surface area (Å²) in [5.41, 5.74) is 6.44. The normalized spacial score (nSPS) is 12.0. The number of rotatable bonds is 11. The average Bonchev–Trinajstić information content (AvgIpc) is 3.08. The van der Waals surface area contributed by atoms with Crippen molar-refractivity contribution in [1.29, 1.82) is 0 Å². The molecule has 0 radical (unpaired) electrons. The summed E-state index contributed by atoms with van der Waals surface area (Å²) in [7, 11) is -1.78. The van der Waals surface area contributed by atoms with Crippen molar-refractivity contribution in [3.8, 4) is 0 Å². The monoisotopic (exact) mass is 380 g/mol. The lowest BCUT2D eigenvalue weighted by molar-refractivity contribution is -0.122. The van der Waals surface area contributed by atoms with Crippen molar-refractivity contribution in [2.45, 2.75) is 38.4 Å². The summed E-state index contributed by atoms with van der Waals surface area (Å²) >= 11 is 0. The van der Waals surface area contributed by atoms with E-state index in [1.165, 1.54) is 10.7 Å². The van der Waals surface area contributed by atoms with Crippen LogP contribution < -0.4 is 11.1 Å². The van der Waals surface area contributed by atoms with Crippen molar-refractivity contribution in [3.05, 3.63) is 41.5 Å². The summed E-state index contributed by atoms with van der Waals surface area (Å²) in [4.78, 5) is 12.1. The maximum atomic E-state index is 13.6. The van der Waals surface area contributed by atoms with Crippen LogP contribution in [0.5, 0.6) is 0 Å². The van der Waals surface area contributed by atoms with Gasteiger partial charge in [0, 0.05) is 18.7 Å². The molecule has 0 spiro atoms. The van der Waals surface area contributed by atoms with Crippen LogP contribution >= 0.6 is 0 Å². The Labute approximate surface area is 155 Å². The second-order valence-electron chi connectivity index (χ2n) is 5.86. The molecule has 0 aliphatic heterocycles. The lowest BCUT2D eigenvalue weighted by atomic mass is 10.1. The number of hydrogen-bond acceptors (Lipinski definition) is 8. The van der Waals surface area contributed by atoms with Crippen molar-refractivity contribution in [2.24, 2.45) is 5.73 Å². The lowest BCUT2D eigenvalue weighted by Crippen LogP contribution is -2.30. The lowest BCUT2D eigenvalue weighted by Gasteiger charge is -2.12. The van der Waals surface area contributed by atoms with Crippen LogP contribution in [0.2, 0.25) is 0 Å². The average molecular weight is 380 g/mol. The molecule has 146 valence electrons. The number of carbonyl (C=O) groups excluding carboxylic acids is 1. The van der Waals surface area contributed by atoms with E-state index in [1.807, 2.05) is 0 Å². The van der Waals surface area contributed by atoms with Crippen molar-refractivity contribution >= 4 is 13.2 Å². The first-order chi connectivity index (χ1) is 13.0. The van der Waals surface area contributed by atoms with Gasteiger partial charge in [-0.1, -0.05) is 18.2 Å². The zero-order chi connectivity index (χ0) is 19.6. The fourth-order valence-electron chi connectivity index (χ4n) is 2.40. The van der Waals surface area contributed by atoms with E-state index in [0.717, 1.165) is 0 Å². The molecular formula is C15H22BFN6O4. The van der Waals surface area contributed by atoms with Crippen LogP contribution in [-0.4, -0.2) is 50.1 Å². The standard InChI is InChI=1S/C15H22BFN6O4/c17-12-6-2-1-5-11(12)9-19-14(24)10-23-15(20-21-22-23)13(18)7-3-4-8-27-16(25)26/h1-2,5-6,13,25-26H,3-4,7-10,18H2,(H,19,24)/t13-/m1/s1. The van der Waals surface area contributed by atoms with Crippen LogP contribution in [0.25, 0.3) is 0 Å². The number of nitrogens with one attached hydrogen (secondary N) is 1. The number of tetrazole rings is 1. The first-order valence-electron chi connectivity index (χ1n) is 8.47. The molecule has 10 nitrogen and oxygen atoms in total. The number of amides is 1. The van der Waals surface area contributed by atoms with Gasteiger partial charge in [-0.3, -0.25) is 4.79 Å². The summed E-state index contributed by atoms with van der Waals surface area (Å²) in [5, 5.41) is 31.0. The van der Waals surface area contributed by atoms with E-state index in [2.05, 4.69) is 25.5 Å². The van der Waals surface area contributed by atoms with Gasteiger partial charge in [-0.25, -0.2) is 9.07 Å². The molecule has 2 rings (SSSR count). The van der Waals surface area contributed by atoms with E-state index >= 15 is 0 Å². The SMILES string of the molecule is N[C@H](CCCCOB(O)O)c1nnnn1CC(=O)NCc1ccccc1F. The van der Waals surface area contributed by atoms with Crippen LogP contribution in [0.1, 0.15) is 36.7 Å². The molecule has 1 atom stereocenters. The van der Waals surface area contributed by atoms with Crippen LogP contribution in [0, 0.1) is 5.82 Å². The Morgan fingerprint density at radius 2 is 2.15 bits per heavy atom. The number of benzene rings is 1. The highest BCUT2D eigenvalue weighted by Crippen LogP contribution is 2.13. The van der Waals surface area contributed by atoms with Crippen LogP contribution in [0.15, 0.2) is 24.3 Å². The Hall–Kier alpha value is -2.41. The molecule has 0 aliphatic rings. The van der Waals surface area contributed by atoms with Crippen molar-refractivity contribution < 1.29 is 23.9 Å². The van der Waals surface area contributed by atoms with Crippen LogP contribution in [0.3, 0.4) is 0 Å². The second kappa shape index (κ2) is 10.7. The summed E-state index contributed by atoms with van der Waals surface area (Å²) in [6, 6.07) is 5.70. The topological polar surface area (TPSA) is 148 Å². The number of carbonyl (C=O) groups is 1. The third-order valence-corrected chi connectivity index (χ3v) is 3.79. The van der Waals surface area contributed by atoms with Gasteiger partial charge in [-0.05, 0) is 35.8 Å². The highest BCUT2D eigenvalue weighted by molar-refractivity contribution is 6.32. The fraction of sp³-hybridized carbons (Fsp3) is 0.467. The van der Waals surface area contributed by atoms with Gasteiger partial charge in [-0.2, -0.15) is 0 Å². The number of hydrogen-bond donors (Lipinski definition) is 4. The van der Waals surface area contributed by atoms with Crippen molar-refractivity contribution in [2.75, 3.05) is 6.61 Å². The molecule has 1 heterocycles. The third-order valence-electron chi connectivity index (χ3n) is 3.79. The molecule has 1 aromatic carbocycles. The highest BCUT2D eigenvalue weighted by atomic mass is 19.1. The minimum atomic E-state index is -1.78. The fourth-order valence-corrected chi connectivity index (χ4v) is 2.40. The molecule has 5 N–H and O–H groups in total. The summed E-state index contributed by atoms with van der Waals surface area (Å²) in [6.07, 6.45) is 1.76. The Morgan fingerprint density at radius 1 is 1.37 bits per heavy atom. The molecule has 2 aromatic rings. The summed E-state index contributed by atoms with van der Waals surface area (Å²) < 4.78 is 19.5. The maximum Gasteiger partial charge on any atom is 0.633 e. The molecule has 0 bridgehead atoms. The van der Waals surface area contributed by atoms with E-state index in [-0.39, 0.29) is 31.4 Å². The van der Waals surface area contributed by atoms with Crippen molar-refractivity contribution in [1.82, 2.24) is 25.5 Å². The maximum absolute atomic E-state index is 13.6. The number of nitrogens with zero attached hydrogens (tertiary/aromatic N) is 4. The van der Waals surface area contributed by atoms with Gasteiger partial charge in [0.25, 0.3) is 0 Å². The summed E-state index contributed by atoms with van der Waals surface area (Å²) in [5.74, 6) is -0.399. The van der Waals surface area contributed by atoms with E-state index in [0.29, 0.717) is 30.7 Å². The largest absolute Gasteiger partial charge is 0.633 e. The number of aromatic nitrogens is 4. The van der Waals surface area contributed by atoms with E-state index < -0.39 is 13.4 Å². The Bertz CT molecular complexity index is 732. The summed E-state index contributed by atoms with van der Waals surface area (Å²) in [6.45, 7) is 0.115. The Kier molecular flexibility index (Phi) is 8.26. The minimum absolute atomic E-state index is 0.0612. The number of halogens is 1. The second-order valence-corrected chi connectivity index (χ2v) is 5.86. The first kappa shape index (κ1) is 20.9. The Balaban J connectivity index is 1.79. The first-order valence-corrected chi connectivity index (χ1v) is 8.47. The molecule has 27 heavy (non-hydrogen) atoms. The van der Waals surface area contributed by atoms with Gasteiger partial charge in [0.2, 0.25) is 5.91 Å². The minimum Gasteiger partial charge on any atom is -0.402 e. The van der Waals surface area contributed by atoms with Gasteiger partial charge in [0.1, 0.15) is 12.4 Å².